The summed E-state index contributed by atoms with van der Waals surface area (Å²) in [5, 5.41) is 8.69. The molecule has 0 atom stereocenters. The SMILES string of the molecule is Clc1cccc(Cl)c1Cc1noc(CNC2CCCC2)n1. The highest BCUT2D eigenvalue weighted by molar-refractivity contribution is 6.36. The first kappa shape index (κ1) is 14.8. The molecule has 0 aliphatic heterocycles. The Bertz CT molecular complexity index is 588. The van der Waals surface area contributed by atoms with E-state index in [0.29, 0.717) is 40.8 Å². The third-order valence-electron chi connectivity index (χ3n) is 3.80. The lowest BCUT2D eigenvalue weighted by molar-refractivity contribution is 0.353. The molecule has 1 saturated carbocycles. The molecule has 0 saturated heterocycles. The maximum atomic E-state index is 6.15. The average Bonchev–Trinajstić information content (AvgIpc) is 3.12. The molecule has 0 bridgehead atoms. The van der Waals surface area contributed by atoms with Crippen molar-refractivity contribution < 1.29 is 4.52 Å². The highest BCUT2D eigenvalue weighted by atomic mass is 35.5. The number of hydrogen-bond donors (Lipinski definition) is 1. The van der Waals surface area contributed by atoms with Gasteiger partial charge in [-0.15, -0.1) is 0 Å². The van der Waals surface area contributed by atoms with Gasteiger partial charge in [0.05, 0.1) is 6.54 Å². The predicted molar refractivity (Wildman–Crippen MR) is 82.7 cm³/mol. The lowest BCUT2D eigenvalue weighted by Crippen LogP contribution is -2.25. The Morgan fingerprint density at radius 3 is 2.62 bits per heavy atom. The summed E-state index contributed by atoms with van der Waals surface area (Å²) in [5.74, 6) is 1.22. The minimum absolute atomic E-state index is 0.478. The number of rotatable bonds is 5. The lowest BCUT2D eigenvalue weighted by Gasteiger charge is -2.08. The zero-order chi connectivity index (χ0) is 14.7. The highest BCUT2D eigenvalue weighted by Gasteiger charge is 2.16. The molecule has 1 aromatic heterocycles. The Morgan fingerprint density at radius 2 is 1.90 bits per heavy atom. The summed E-state index contributed by atoms with van der Waals surface area (Å²) in [5.41, 5.74) is 0.830. The minimum atomic E-state index is 0.478. The molecule has 3 rings (SSSR count). The molecule has 1 aromatic carbocycles. The Morgan fingerprint density at radius 1 is 1.19 bits per heavy atom. The van der Waals surface area contributed by atoms with Crippen molar-refractivity contribution in [1.29, 1.82) is 0 Å². The fourth-order valence-electron chi connectivity index (χ4n) is 2.65. The molecule has 0 spiro atoms. The molecular formula is C15H17Cl2N3O. The summed E-state index contributed by atoms with van der Waals surface area (Å²) in [4.78, 5) is 4.39. The van der Waals surface area contributed by atoms with Crippen molar-refractivity contribution in [3.05, 3.63) is 45.5 Å². The Hall–Kier alpha value is -1.10. The van der Waals surface area contributed by atoms with Gasteiger partial charge in [0.25, 0.3) is 0 Å². The number of nitrogens with one attached hydrogen (secondary N) is 1. The first-order chi connectivity index (χ1) is 10.2. The number of benzene rings is 1. The van der Waals surface area contributed by atoms with Crippen LogP contribution in [0.4, 0.5) is 0 Å². The van der Waals surface area contributed by atoms with Crippen molar-refractivity contribution in [3.63, 3.8) is 0 Å². The van der Waals surface area contributed by atoms with Crippen LogP contribution in [0.5, 0.6) is 0 Å². The second kappa shape index (κ2) is 6.77. The van der Waals surface area contributed by atoms with E-state index in [4.69, 9.17) is 27.7 Å². The van der Waals surface area contributed by atoms with Crippen LogP contribution in [-0.4, -0.2) is 16.2 Å². The number of halogens is 2. The van der Waals surface area contributed by atoms with Crippen LogP contribution in [0.15, 0.2) is 22.7 Å². The monoisotopic (exact) mass is 325 g/mol. The van der Waals surface area contributed by atoms with Gasteiger partial charge in [-0.1, -0.05) is 47.3 Å². The van der Waals surface area contributed by atoms with Crippen molar-refractivity contribution in [2.45, 2.75) is 44.7 Å². The lowest BCUT2D eigenvalue weighted by atomic mass is 10.1. The summed E-state index contributed by atoms with van der Waals surface area (Å²) >= 11 is 12.3. The van der Waals surface area contributed by atoms with E-state index in [2.05, 4.69) is 15.5 Å². The van der Waals surface area contributed by atoms with E-state index < -0.39 is 0 Å². The molecule has 0 unspecified atom stereocenters. The topological polar surface area (TPSA) is 51.0 Å². The molecule has 1 aliphatic carbocycles. The van der Waals surface area contributed by atoms with Gasteiger partial charge < -0.3 is 9.84 Å². The van der Waals surface area contributed by atoms with Gasteiger partial charge in [0.15, 0.2) is 5.82 Å². The van der Waals surface area contributed by atoms with Crippen LogP contribution in [0.3, 0.4) is 0 Å². The summed E-state index contributed by atoms with van der Waals surface area (Å²) in [7, 11) is 0. The standard InChI is InChI=1S/C15H17Cl2N3O/c16-12-6-3-7-13(17)11(12)8-14-19-15(21-20-14)9-18-10-4-1-2-5-10/h3,6-7,10,18H,1-2,4-5,8-9H2. The van der Waals surface area contributed by atoms with E-state index in [0.717, 1.165) is 5.56 Å². The smallest absolute Gasteiger partial charge is 0.240 e. The molecule has 1 heterocycles. The van der Waals surface area contributed by atoms with Gasteiger partial charge in [0.2, 0.25) is 5.89 Å². The maximum Gasteiger partial charge on any atom is 0.240 e. The number of aromatic nitrogens is 2. The van der Waals surface area contributed by atoms with Crippen molar-refractivity contribution in [3.8, 4) is 0 Å². The van der Waals surface area contributed by atoms with Crippen molar-refractivity contribution in [2.75, 3.05) is 0 Å². The van der Waals surface area contributed by atoms with E-state index in [1.54, 1.807) is 0 Å². The van der Waals surface area contributed by atoms with Crippen LogP contribution in [0, 0.1) is 0 Å². The van der Waals surface area contributed by atoms with E-state index >= 15 is 0 Å². The summed E-state index contributed by atoms with van der Waals surface area (Å²) < 4.78 is 5.27. The quantitative estimate of drug-likeness (QED) is 0.902. The first-order valence-corrected chi connectivity index (χ1v) is 7.95. The first-order valence-electron chi connectivity index (χ1n) is 7.20. The molecular weight excluding hydrogens is 309 g/mol. The summed E-state index contributed by atoms with van der Waals surface area (Å²) in [6.45, 7) is 0.619. The van der Waals surface area contributed by atoms with Gasteiger partial charge in [-0.05, 0) is 30.5 Å². The molecule has 6 heteroatoms. The Kier molecular flexibility index (Phi) is 4.78. The molecule has 112 valence electrons. The molecule has 1 N–H and O–H groups in total. The van der Waals surface area contributed by atoms with Crippen LogP contribution in [0.1, 0.15) is 43.0 Å². The summed E-state index contributed by atoms with van der Waals surface area (Å²) in [6, 6.07) is 6.02. The summed E-state index contributed by atoms with van der Waals surface area (Å²) in [6.07, 6.45) is 5.55. The van der Waals surface area contributed by atoms with Crippen LogP contribution in [-0.2, 0) is 13.0 Å². The van der Waals surface area contributed by atoms with Crippen LogP contribution < -0.4 is 5.32 Å². The molecule has 1 aliphatic rings. The van der Waals surface area contributed by atoms with Gasteiger partial charge in [-0.25, -0.2) is 0 Å². The third kappa shape index (κ3) is 3.76. The van der Waals surface area contributed by atoms with E-state index in [9.17, 15) is 0 Å². The van der Waals surface area contributed by atoms with Gasteiger partial charge in [0.1, 0.15) is 0 Å². The van der Waals surface area contributed by atoms with Gasteiger partial charge >= 0.3 is 0 Å². The van der Waals surface area contributed by atoms with E-state index in [1.807, 2.05) is 18.2 Å². The molecule has 4 nitrogen and oxygen atoms in total. The zero-order valence-corrected chi connectivity index (χ0v) is 13.1. The van der Waals surface area contributed by atoms with Crippen LogP contribution in [0.2, 0.25) is 10.0 Å². The van der Waals surface area contributed by atoms with Gasteiger partial charge in [0, 0.05) is 22.5 Å². The molecule has 2 aromatic rings. The fraction of sp³-hybridized carbons (Fsp3) is 0.467. The fourth-order valence-corrected chi connectivity index (χ4v) is 3.19. The van der Waals surface area contributed by atoms with Gasteiger partial charge in [-0.3, -0.25) is 0 Å². The maximum absolute atomic E-state index is 6.15. The minimum Gasteiger partial charge on any atom is -0.338 e. The largest absolute Gasteiger partial charge is 0.338 e. The number of nitrogens with zero attached hydrogens (tertiary/aromatic N) is 2. The number of hydrogen-bond acceptors (Lipinski definition) is 4. The molecule has 1 fully saturated rings. The van der Waals surface area contributed by atoms with Crippen molar-refractivity contribution >= 4 is 23.2 Å². The van der Waals surface area contributed by atoms with E-state index in [-0.39, 0.29) is 0 Å². The zero-order valence-electron chi connectivity index (χ0n) is 11.6. The normalized spacial score (nSPS) is 15.7. The second-order valence-corrected chi connectivity index (χ2v) is 6.16. The third-order valence-corrected chi connectivity index (χ3v) is 4.51. The van der Waals surface area contributed by atoms with Crippen molar-refractivity contribution in [1.82, 2.24) is 15.5 Å². The molecule has 21 heavy (non-hydrogen) atoms. The highest BCUT2D eigenvalue weighted by Crippen LogP contribution is 2.26. The molecule has 0 amide bonds. The van der Waals surface area contributed by atoms with Gasteiger partial charge in [-0.2, -0.15) is 4.98 Å². The van der Waals surface area contributed by atoms with E-state index in [1.165, 1.54) is 25.7 Å². The Balaban J connectivity index is 1.62. The van der Waals surface area contributed by atoms with Crippen LogP contribution >= 0.6 is 23.2 Å². The second-order valence-electron chi connectivity index (χ2n) is 5.34. The average molecular weight is 326 g/mol. The molecule has 0 radical (unpaired) electrons. The predicted octanol–water partition coefficient (Wildman–Crippen LogP) is 4.00. The van der Waals surface area contributed by atoms with Crippen molar-refractivity contribution in [2.24, 2.45) is 0 Å². The van der Waals surface area contributed by atoms with Crippen LogP contribution in [0.25, 0.3) is 0 Å². The Labute approximate surface area is 133 Å².